The fourth-order valence-electron chi connectivity index (χ4n) is 3.73. The Morgan fingerprint density at radius 1 is 0.881 bits per heavy atom. The first-order valence-corrected chi connectivity index (χ1v) is 13.8. The average molecular weight is 629 g/mol. The number of hydrogen-bond donors (Lipinski definition) is 6. The topological polar surface area (TPSA) is 171 Å². The molecule has 0 aliphatic carbocycles. The fourth-order valence-corrected chi connectivity index (χ4v) is 4.32. The molecule has 0 aliphatic heterocycles. The van der Waals surface area contributed by atoms with Gasteiger partial charge in [-0.15, -0.1) is 12.4 Å². The second kappa shape index (κ2) is 14.7. The summed E-state index contributed by atoms with van der Waals surface area (Å²) in [6.45, 7) is -0.0787. The molecule has 15 heteroatoms. The van der Waals surface area contributed by atoms with E-state index in [9.17, 15) is 42.0 Å². The molecule has 2 atom stereocenters. The summed E-state index contributed by atoms with van der Waals surface area (Å²) in [6.07, 6.45) is -3.03. The van der Waals surface area contributed by atoms with E-state index >= 15 is 0 Å². The smallest absolute Gasteiger partial charge is 0.416 e. The molecule has 3 aromatic carbocycles. The van der Waals surface area contributed by atoms with Crippen molar-refractivity contribution in [3.05, 3.63) is 82.9 Å². The van der Waals surface area contributed by atoms with Gasteiger partial charge >= 0.3 is 18.1 Å². The van der Waals surface area contributed by atoms with Gasteiger partial charge in [-0.2, -0.15) is 13.2 Å². The van der Waals surface area contributed by atoms with E-state index in [2.05, 4.69) is 16.0 Å². The predicted octanol–water partition coefficient (Wildman–Crippen LogP) is 4.72. The molecule has 0 fully saturated rings. The summed E-state index contributed by atoms with van der Waals surface area (Å²) < 4.78 is 51.8. The maximum Gasteiger partial charge on any atom is 0.416 e. The second-order valence-electron chi connectivity index (χ2n) is 8.93. The maximum absolute atomic E-state index is 13.5. The summed E-state index contributed by atoms with van der Waals surface area (Å²) in [5, 5.41) is 27.4. The number of carbonyl (C=O) groups excluding carboxylic acids is 1. The number of aromatic carboxylic acids is 2. The second-order valence-corrected chi connectivity index (χ2v) is 10.5. The summed E-state index contributed by atoms with van der Waals surface area (Å²) >= 11 is 0. The van der Waals surface area contributed by atoms with Crippen LogP contribution < -0.4 is 21.7 Å². The summed E-state index contributed by atoms with van der Waals surface area (Å²) in [4.78, 5) is 35.9. The van der Waals surface area contributed by atoms with E-state index in [0.29, 0.717) is 5.56 Å². The maximum atomic E-state index is 13.5. The van der Waals surface area contributed by atoms with Gasteiger partial charge in [0, 0.05) is 29.4 Å². The third kappa shape index (κ3) is 9.19. The SMILES string of the molecule is CS(=O)CC[C@H](N)C(=O)NCc1ccc(Nc2cc(C(F)(F)F)ccc2Nc2ccccc2C(=O)O)c(C(=O)O)c1.Cl. The Balaban J connectivity index is 0.00000616. The number of halogens is 4. The number of anilines is 4. The van der Waals surface area contributed by atoms with Crippen molar-refractivity contribution in [3.8, 4) is 0 Å². The largest absolute Gasteiger partial charge is 0.478 e. The Kier molecular flexibility index (Phi) is 11.9. The minimum atomic E-state index is -4.71. The molecule has 0 saturated heterocycles. The van der Waals surface area contributed by atoms with E-state index in [1.54, 1.807) is 6.07 Å². The van der Waals surface area contributed by atoms with Crippen molar-refractivity contribution in [1.29, 1.82) is 0 Å². The Morgan fingerprint density at radius 2 is 1.48 bits per heavy atom. The normalized spacial score (nSPS) is 12.4. The van der Waals surface area contributed by atoms with Crippen LogP contribution in [0.5, 0.6) is 0 Å². The van der Waals surface area contributed by atoms with Crippen LogP contribution in [-0.4, -0.2) is 50.3 Å². The van der Waals surface area contributed by atoms with Gasteiger partial charge in [-0.3, -0.25) is 9.00 Å². The van der Waals surface area contributed by atoms with Crippen LogP contribution >= 0.6 is 12.4 Å². The number of carbonyl (C=O) groups is 3. The van der Waals surface area contributed by atoms with Gasteiger partial charge < -0.3 is 31.9 Å². The molecule has 1 amide bonds. The summed E-state index contributed by atoms with van der Waals surface area (Å²) in [5.74, 6) is -2.92. The highest BCUT2D eigenvalue weighted by atomic mass is 35.5. The monoisotopic (exact) mass is 628 g/mol. The van der Waals surface area contributed by atoms with Crippen molar-refractivity contribution < 1.29 is 42.0 Å². The minimum Gasteiger partial charge on any atom is -0.478 e. The van der Waals surface area contributed by atoms with E-state index in [0.717, 1.165) is 18.2 Å². The van der Waals surface area contributed by atoms with Gasteiger partial charge in [-0.25, -0.2) is 9.59 Å². The first-order valence-electron chi connectivity index (χ1n) is 12.0. The Hall–Kier alpha value is -4.14. The van der Waals surface area contributed by atoms with Crippen LogP contribution in [0, 0.1) is 0 Å². The quantitative estimate of drug-likeness (QED) is 0.166. The van der Waals surface area contributed by atoms with Gasteiger partial charge in [-0.1, -0.05) is 18.2 Å². The Bertz CT molecular complexity index is 1490. The molecule has 3 aromatic rings. The van der Waals surface area contributed by atoms with Crippen LogP contribution in [0.4, 0.5) is 35.9 Å². The lowest BCUT2D eigenvalue weighted by Gasteiger charge is -2.19. The van der Waals surface area contributed by atoms with Crippen molar-refractivity contribution >= 4 is 63.8 Å². The Labute approximate surface area is 247 Å². The highest BCUT2D eigenvalue weighted by molar-refractivity contribution is 7.84. The van der Waals surface area contributed by atoms with Gasteiger partial charge in [0.25, 0.3) is 0 Å². The van der Waals surface area contributed by atoms with E-state index in [1.165, 1.54) is 42.7 Å². The number of hydrogen-bond acceptors (Lipinski definition) is 7. The summed E-state index contributed by atoms with van der Waals surface area (Å²) in [6, 6.07) is 11.6. The fraction of sp³-hybridized carbons (Fsp3) is 0.222. The molecular weight excluding hydrogens is 601 g/mol. The molecule has 7 N–H and O–H groups in total. The molecule has 0 saturated carbocycles. The molecule has 1 unspecified atom stereocenters. The van der Waals surface area contributed by atoms with Crippen molar-refractivity contribution in [2.24, 2.45) is 5.73 Å². The number of nitrogens with two attached hydrogens (primary N) is 1. The molecule has 10 nitrogen and oxygen atoms in total. The zero-order valence-corrected chi connectivity index (χ0v) is 23.7. The predicted molar refractivity (Wildman–Crippen MR) is 155 cm³/mol. The van der Waals surface area contributed by atoms with Gasteiger partial charge in [0.05, 0.1) is 45.5 Å². The summed E-state index contributed by atoms with van der Waals surface area (Å²) in [5.41, 5.74) is 4.68. The van der Waals surface area contributed by atoms with Gasteiger partial charge in [-0.05, 0) is 54.4 Å². The highest BCUT2D eigenvalue weighted by Crippen LogP contribution is 2.37. The number of alkyl halides is 3. The lowest BCUT2D eigenvalue weighted by atomic mass is 10.1. The molecule has 0 aromatic heterocycles. The van der Waals surface area contributed by atoms with Gasteiger partial charge in [0.2, 0.25) is 5.91 Å². The number of nitrogens with one attached hydrogen (secondary N) is 3. The number of amides is 1. The number of rotatable bonds is 12. The number of para-hydroxylation sites is 1. The van der Waals surface area contributed by atoms with E-state index in [-0.39, 0.29) is 65.0 Å². The highest BCUT2D eigenvalue weighted by Gasteiger charge is 2.31. The number of benzene rings is 3. The lowest BCUT2D eigenvalue weighted by Crippen LogP contribution is -2.41. The van der Waals surface area contributed by atoms with Crippen molar-refractivity contribution in [1.82, 2.24) is 5.32 Å². The third-order valence-electron chi connectivity index (χ3n) is 5.88. The molecular formula is C27H28ClF3N4O6S. The standard InChI is InChI=1S/C27H27F3N4O6S.ClH/c1-41(40)11-10-19(31)24(35)32-14-15-6-8-21(18(12-15)26(38)39)34-23-13-16(27(28,29)30)7-9-22(23)33-20-5-3-2-4-17(20)25(36)37;/h2-9,12-13,19,33-34H,10-11,14,31H2,1H3,(H,32,35)(H,36,37)(H,38,39);1H/t19-,41?;/m0./s1. The first-order chi connectivity index (χ1) is 19.3. The van der Waals surface area contributed by atoms with Crippen LogP contribution in [0.1, 0.15) is 38.3 Å². The van der Waals surface area contributed by atoms with Crippen LogP contribution in [0.2, 0.25) is 0 Å². The van der Waals surface area contributed by atoms with Crippen LogP contribution in [-0.2, 0) is 28.3 Å². The average Bonchev–Trinajstić information content (AvgIpc) is 2.91. The van der Waals surface area contributed by atoms with Crippen molar-refractivity contribution in [2.75, 3.05) is 22.6 Å². The van der Waals surface area contributed by atoms with E-state index < -0.39 is 46.4 Å². The molecule has 226 valence electrons. The molecule has 3 rings (SSSR count). The van der Waals surface area contributed by atoms with Crippen LogP contribution in [0.3, 0.4) is 0 Å². The molecule has 0 heterocycles. The Morgan fingerprint density at radius 3 is 2.10 bits per heavy atom. The third-order valence-corrected chi connectivity index (χ3v) is 6.69. The van der Waals surface area contributed by atoms with E-state index in [1.807, 2.05) is 0 Å². The lowest BCUT2D eigenvalue weighted by molar-refractivity contribution is -0.137. The van der Waals surface area contributed by atoms with Gasteiger partial charge in [0.15, 0.2) is 0 Å². The molecule has 0 aliphatic rings. The van der Waals surface area contributed by atoms with Crippen molar-refractivity contribution in [3.63, 3.8) is 0 Å². The zero-order chi connectivity index (χ0) is 30.3. The first kappa shape index (κ1) is 34.1. The van der Waals surface area contributed by atoms with Crippen LogP contribution in [0.25, 0.3) is 0 Å². The van der Waals surface area contributed by atoms with E-state index in [4.69, 9.17) is 5.73 Å². The van der Waals surface area contributed by atoms with Gasteiger partial charge in [0.1, 0.15) is 0 Å². The van der Waals surface area contributed by atoms with Crippen molar-refractivity contribution in [2.45, 2.75) is 25.2 Å². The molecule has 0 bridgehead atoms. The molecule has 0 spiro atoms. The van der Waals surface area contributed by atoms with Crippen LogP contribution in [0.15, 0.2) is 60.7 Å². The molecule has 0 radical (unpaired) electrons. The number of carboxylic acid groups (broad SMARTS) is 2. The zero-order valence-electron chi connectivity index (χ0n) is 22.0. The number of carboxylic acids is 2. The summed E-state index contributed by atoms with van der Waals surface area (Å²) in [7, 11) is -1.12. The minimum absolute atomic E-state index is 0. The molecule has 42 heavy (non-hydrogen) atoms.